The molecule has 4 rings (SSSR count). The smallest absolute Gasteiger partial charge is 0.277 e. The maximum absolute atomic E-state index is 13.3. The first-order valence-electron chi connectivity index (χ1n) is 10.6. The van der Waals surface area contributed by atoms with Crippen LogP contribution in [-0.4, -0.2) is 85.6 Å². The van der Waals surface area contributed by atoms with E-state index in [9.17, 15) is 9.59 Å². The molecule has 0 N–H and O–H groups in total. The summed E-state index contributed by atoms with van der Waals surface area (Å²) in [6.45, 7) is 8.37. The average Bonchev–Trinajstić information content (AvgIpc) is 3.35. The van der Waals surface area contributed by atoms with Gasteiger partial charge in [-0.2, -0.15) is 0 Å². The van der Waals surface area contributed by atoms with Gasteiger partial charge in [-0.15, -0.1) is 0 Å². The van der Waals surface area contributed by atoms with E-state index in [1.54, 1.807) is 0 Å². The van der Waals surface area contributed by atoms with Gasteiger partial charge in [-0.25, -0.2) is 0 Å². The molecule has 1 aromatic rings. The Bertz CT molecular complexity index is 778. The minimum Gasteiger partial charge on any atom is -0.494 e. The number of nitrogens with zero attached hydrogens (tertiary/aromatic N) is 3. The molecular weight excluding hydrogens is 370 g/mol. The van der Waals surface area contributed by atoms with E-state index in [4.69, 9.17) is 9.47 Å². The van der Waals surface area contributed by atoms with Crippen molar-refractivity contribution < 1.29 is 19.1 Å². The largest absolute Gasteiger partial charge is 0.494 e. The lowest BCUT2D eigenvalue weighted by atomic mass is 10.0. The number of carbonyl (C=O) groups excluding carboxylic acids is 2. The number of rotatable bonds is 7. The van der Waals surface area contributed by atoms with Crippen LogP contribution in [0.4, 0.5) is 0 Å². The summed E-state index contributed by atoms with van der Waals surface area (Å²) in [5, 5.41) is 0. The molecule has 7 nitrogen and oxygen atoms in total. The molecule has 156 valence electrons. The minimum absolute atomic E-state index is 0.158. The number of benzene rings is 1. The molecule has 0 aromatic heterocycles. The lowest BCUT2D eigenvalue weighted by Gasteiger charge is -2.28. The Morgan fingerprint density at radius 1 is 0.931 bits per heavy atom. The van der Waals surface area contributed by atoms with Crippen molar-refractivity contribution in [3.63, 3.8) is 0 Å². The summed E-state index contributed by atoms with van der Waals surface area (Å²) in [5.41, 5.74) is 1.88. The SMILES string of the molecule is CCOc1ccc(C2=C(N3CCCC3)C(=O)N(CCN3CCOCC3)C2=O)cc1. The molecule has 0 bridgehead atoms. The molecule has 3 heterocycles. The molecule has 1 aromatic carbocycles. The number of imide groups is 1. The molecule has 3 aliphatic rings. The Labute approximate surface area is 171 Å². The van der Waals surface area contributed by atoms with Crippen LogP contribution in [0, 0.1) is 0 Å². The maximum Gasteiger partial charge on any atom is 0.277 e. The predicted molar refractivity (Wildman–Crippen MR) is 109 cm³/mol. The fourth-order valence-electron chi connectivity index (χ4n) is 4.21. The zero-order valence-electron chi connectivity index (χ0n) is 17.1. The topological polar surface area (TPSA) is 62.3 Å². The third-order valence-corrected chi connectivity index (χ3v) is 5.76. The van der Waals surface area contributed by atoms with Gasteiger partial charge in [0.25, 0.3) is 11.8 Å². The Morgan fingerprint density at radius 3 is 2.28 bits per heavy atom. The molecule has 2 amide bonds. The molecule has 0 radical (unpaired) electrons. The third kappa shape index (κ3) is 4.16. The number of hydrogen-bond acceptors (Lipinski definition) is 6. The van der Waals surface area contributed by atoms with Gasteiger partial charge in [0.1, 0.15) is 11.4 Å². The summed E-state index contributed by atoms with van der Waals surface area (Å²) in [6.07, 6.45) is 2.10. The van der Waals surface area contributed by atoms with Crippen molar-refractivity contribution in [1.29, 1.82) is 0 Å². The zero-order chi connectivity index (χ0) is 20.2. The van der Waals surface area contributed by atoms with Crippen LogP contribution in [-0.2, 0) is 14.3 Å². The lowest BCUT2D eigenvalue weighted by molar-refractivity contribution is -0.137. The fourth-order valence-corrected chi connectivity index (χ4v) is 4.21. The molecule has 3 aliphatic heterocycles. The highest BCUT2D eigenvalue weighted by atomic mass is 16.5. The molecule has 0 spiro atoms. The highest BCUT2D eigenvalue weighted by Crippen LogP contribution is 2.34. The molecule has 0 saturated carbocycles. The number of ether oxygens (including phenoxy) is 2. The van der Waals surface area contributed by atoms with Gasteiger partial charge in [0.2, 0.25) is 0 Å². The second-order valence-corrected chi connectivity index (χ2v) is 7.59. The highest BCUT2D eigenvalue weighted by molar-refractivity contribution is 6.35. The van der Waals surface area contributed by atoms with E-state index in [0.29, 0.717) is 44.2 Å². The molecule has 0 unspecified atom stereocenters. The van der Waals surface area contributed by atoms with Crippen molar-refractivity contribution >= 4 is 17.4 Å². The van der Waals surface area contributed by atoms with Crippen LogP contribution in [0.2, 0.25) is 0 Å². The van der Waals surface area contributed by atoms with E-state index < -0.39 is 0 Å². The average molecular weight is 399 g/mol. The molecule has 0 atom stereocenters. The van der Waals surface area contributed by atoms with Crippen LogP contribution in [0.5, 0.6) is 5.75 Å². The Hall–Kier alpha value is -2.38. The number of amides is 2. The van der Waals surface area contributed by atoms with E-state index in [2.05, 4.69) is 9.80 Å². The van der Waals surface area contributed by atoms with Gasteiger partial charge in [-0.05, 0) is 37.5 Å². The number of carbonyl (C=O) groups is 2. The summed E-state index contributed by atoms with van der Waals surface area (Å²) in [5.74, 6) is 0.420. The first-order valence-corrected chi connectivity index (χ1v) is 10.6. The van der Waals surface area contributed by atoms with Crippen molar-refractivity contribution in [2.75, 3.05) is 59.1 Å². The van der Waals surface area contributed by atoms with Gasteiger partial charge in [0.05, 0.1) is 25.4 Å². The van der Waals surface area contributed by atoms with Crippen molar-refractivity contribution in [3.05, 3.63) is 35.5 Å². The van der Waals surface area contributed by atoms with E-state index in [0.717, 1.165) is 50.3 Å². The summed E-state index contributed by atoms with van der Waals surface area (Å²) in [7, 11) is 0. The van der Waals surface area contributed by atoms with Gasteiger partial charge in [0, 0.05) is 39.3 Å². The second-order valence-electron chi connectivity index (χ2n) is 7.59. The molecular formula is C22H29N3O4. The van der Waals surface area contributed by atoms with Crippen LogP contribution in [0.3, 0.4) is 0 Å². The van der Waals surface area contributed by atoms with Gasteiger partial charge < -0.3 is 14.4 Å². The van der Waals surface area contributed by atoms with Crippen molar-refractivity contribution in [3.8, 4) is 5.75 Å². The zero-order valence-corrected chi connectivity index (χ0v) is 17.1. The summed E-state index contributed by atoms with van der Waals surface area (Å²) in [6, 6.07) is 7.49. The number of hydrogen-bond donors (Lipinski definition) is 0. The van der Waals surface area contributed by atoms with Crippen LogP contribution >= 0.6 is 0 Å². The van der Waals surface area contributed by atoms with Crippen LogP contribution < -0.4 is 4.74 Å². The molecule has 2 saturated heterocycles. The summed E-state index contributed by atoms with van der Waals surface area (Å²) < 4.78 is 10.9. The monoisotopic (exact) mass is 399 g/mol. The highest BCUT2D eigenvalue weighted by Gasteiger charge is 2.42. The van der Waals surface area contributed by atoms with E-state index in [1.807, 2.05) is 31.2 Å². The van der Waals surface area contributed by atoms with Gasteiger partial charge >= 0.3 is 0 Å². The normalized spacial score (nSPS) is 20.9. The quantitative estimate of drug-likeness (QED) is 0.649. The molecule has 7 heteroatoms. The Kier molecular flexibility index (Phi) is 6.16. The maximum atomic E-state index is 13.3. The molecule has 29 heavy (non-hydrogen) atoms. The fraction of sp³-hybridized carbons (Fsp3) is 0.545. The van der Waals surface area contributed by atoms with Crippen LogP contribution in [0.25, 0.3) is 5.57 Å². The van der Waals surface area contributed by atoms with Crippen molar-refractivity contribution in [2.45, 2.75) is 19.8 Å². The van der Waals surface area contributed by atoms with Crippen molar-refractivity contribution in [1.82, 2.24) is 14.7 Å². The Balaban J connectivity index is 1.58. The predicted octanol–water partition coefficient (Wildman–Crippen LogP) is 1.59. The van der Waals surface area contributed by atoms with Gasteiger partial charge in [-0.1, -0.05) is 12.1 Å². The lowest BCUT2D eigenvalue weighted by Crippen LogP contribution is -2.44. The van der Waals surface area contributed by atoms with Crippen molar-refractivity contribution in [2.24, 2.45) is 0 Å². The molecule has 0 aliphatic carbocycles. The first-order chi connectivity index (χ1) is 14.2. The molecule has 2 fully saturated rings. The summed E-state index contributed by atoms with van der Waals surface area (Å²) in [4.78, 5) is 32.3. The Morgan fingerprint density at radius 2 is 1.62 bits per heavy atom. The first kappa shape index (κ1) is 19.9. The minimum atomic E-state index is -0.186. The standard InChI is InChI=1S/C22H29N3O4/c1-2-29-18-7-5-17(6-8-18)19-20(24-9-3-4-10-24)22(27)25(21(19)26)12-11-23-13-15-28-16-14-23/h5-8H,2-4,9-16H2,1H3. The second kappa shape index (κ2) is 8.97. The number of morpholine rings is 1. The van der Waals surface area contributed by atoms with Crippen LogP contribution in [0.15, 0.2) is 30.0 Å². The van der Waals surface area contributed by atoms with Crippen LogP contribution in [0.1, 0.15) is 25.3 Å². The van der Waals surface area contributed by atoms with E-state index in [-0.39, 0.29) is 11.8 Å². The summed E-state index contributed by atoms with van der Waals surface area (Å²) >= 11 is 0. The van der Waals surface area contributed by atoms with E-state index in [1.165, 1.54) is 4.90 Å². The van der Waals surface area contributed by atoms with Gasteiger partial charge in [0.15, 0.2) is 0 Å². The van der Waals surface area contributed by atoms with E-state index >= 15 is 0 Å². The van der Waals surface area contributed by atoms with Gasteiger partial charge in [-0.3, -0.25) is 19.4 Å². The third-order valence-electron chi connectivity index (χ3n) is 5.76. The number of likely N-dealkylation sites (tertiary alicyclic amines) is 1.